The zero-order chi connectivity index (χ0) is 21.4. The number of urea groups is 1. The van der Waals surface area contributed by atoms with Gasteiger partial charge in [-0.15, -0.1) is 0 Å². The number of likely N-dealkylation sites (tertiary alicyclic amines) is 1. The molecule has 2 saturated heterocycles. The van der Waals surface area contributed by atoms with Gasteiger partial charge in [0.05, 0.1) is 12.0 Å². The van der Waals surface area contributed by atoms with E-state index in [-0.39, 0.29) is 22.6 Å². The number of hydrogen-bond acceptors (Lipinski definition) is 3. The zero-order valence-electron chi connectivity index (χ0n) is 18.2. The fraction of sp³-hybridized carbons (Fsp3) is 0.640. The van der Waals surface area contributed by atoms with Crippen LogP contribution in [0.3, 0.4) is 0 Å². The average molecular weight is 422 g/mol. The molecule has 4 saturated carbocycles. The summed E-state index contributed by atoms with van der Waals surface area (Å²) in [5.41, 5.74) is 1.53. The van der Waals surface area contributed by atoms with Crippen LogP contribution >= 0.6 is 0 Å². The quantitative estimate of drug-likeness (QED) is 0.721. The molecule has 7 rings (SSSR count). The summed E-state index contributed by atoms with van der Waals surface area (Å²) in [5, 5.41) is 5.20. The van der Waals surface area contributed by atoms with Gasteiger partial charge >= 0.3 is 6.03 Å². The Labute approximate surface area is 183 Å². The monoisotopic (exact) mass is 421 g/mol. The molecule has 6 nitrogen and oxygen atoms in total. The van der Waals surface area contributed by atoms with Gasteiger partial charge in [-0.2, -0.15) is 0 Å². The van der Waals surface area contributed by atoms with Crippen molar-refractivity contribution in [2.75, 3.05) is 13.1 Å². The van der Waals surface area contributed by atoms with E-state index in [2.05, 4.69) is 41.8 Å². The first-order valence-corrected chi connectivity index (χ1v) is 11.8. The summed E-state index contributed by atoms with van der Waals surface area (Å²) < 4.78 is 0. The van der Waals surface area contributed by atoms with Crippen molar-refractivity contribution in [3.05, 3.63) is 35.4 Å². The van der Waals surface area contributed by atoms with Gasteiger partial charge in [0.2, 0.25) is 5.91 Å². The second-order valence-electron chi connectivity index (χ2n) is 11.2. The Morgan fingerprint density at radius 3 is 2.42 bits per heavy atom. The third kappa shape index (κ3) is 2.79. The maximum atomic E-state index is 14.1. The van der Waals surface area contributed by atoms with E-state index in [4.69, 9.17) is 0 Å². The predicted molar refractivity (Wildman–Crippen MR) is 115 cm³/mol. The first-order chi connectivity index (χ1) is 14.8. The van der Waals surface area contributed by atoms with E-state index in [1.807, 2.05) is 4.90 Å². The normalized spacial score (nSPS) is 40.9. The van der Waals surface area contributed by atoms with Crippen LogP contribution in [0.25, 0.3) is 0 Å². The van der Waals surface area contributed by atoms with Gasteiger partial charge in [0, 0.05) is 6.54 Å². The Balaban J connectivity index is 1.31. The third-order valence-corrected chi connectivity index (χ3v) is 8.97. The maximum Gasteiger partial charge on any atom is 0.322 e. The molecule has 2 heterocycles. The molecule has 4 bridgehead atoms. The molecule has 1 spiro atoms. The van der Waals surface area contributed by atoms with Gasteiger partial charge in [0.15, 0.2) is 0 Å². The molecule has 2 N–H and O–H groups in total. The van der Waals surface area contributed by atoms with Gasteiger partial charge < -0.3 is 10.2 Å². The van der Waals surface area contributed by atoms with Crippen molar-refractivity contribution in [1.29, 1.82) is 0 Å². The van der Waals surface area contributed by atoms with Crippen molar-refractivity contribution in [2.45, 2.75) is 69.2 Å². The van der Waals surface area contributed by atoms with Crippen molar-refractivity contribution < 1.29 is 14.4 Å². The molecule has 6 aliphatic rings. The van der Waals surface area contributed by atoms with Gasteiger partial charge in [0.1, 0.15) is 5.54 Å². The predicted octanol–water partition coefficient (Wildman–Crippen LogP) is 3.03. The second kappa shape index (κ2) is 6.33. The minimum Gasteiger partial charge on any atom is -0.339 e. The molecule has 2 aliphatic heterocycles. The molecule has 0 radical (unpaired) electrons. The molecule has 164 valence electrons. The SMILES string of the molecule is Cc1ccc(C23CC4CC(CC(C(=O)N5CCCC6(C5)NC(=O)NC6=O)(C4)C2)C3)cc1. The highest BCUT2D eigenvalue weighted by Crippen LogP contribution is 2.66. The number of rotatable bonds is 2. The Kier molecular flexibility index (Phi) is 3.95. The average Bonchev–Trinajstić information content (AvgIpc) is 2.99. The molecule has 31 heavy (non-hydrogen) atoms. The number of nitrogens with zero attached hydrogens (tertiary/aromatic N) is 1. The lowest BCUT2D eigenvalue weighted by Crippen LogP contribution is -2.64. The number of hydrogen-bond donors (Lipinski definition) is 2. The van der Waals surface area contributed by atoms with Crippen LogP contribution in [0.4, 0.5) is 4.79 Å². The van der Waals surface area contributed by atoms with Crippen molar-refractivity contribution >= 4 is 17.8 Å². The van der Waals surface area contributed by atoms with Crippen molar-refractivity contribution in [1.82, 2.24) is 15.5 Å². The van der Waals surface area contributed by atoms with Crippen molar-refractivity contribution in [2.24, 2.45) is 17.3 Å². The number of imide groups is 1. The molecular weight excluding hydrogens is 390 g/mol. The van der Waals surface area contributed by atoms with Gasteiger partial charge in [0.25, 0.3) is 5.91 Å². The summed E-state index contributed by atoms with van der Waals surface area (Å²) in [6.07, 6.45) is 7.89. The first-order valence-electron chi connectivity index (χ1n) is 11.8. The maximum absolute atomic E-state index is 14.1. The molecule has 6 heteroatoms. The molecule has 1 aromatic carbocycles. The highest BCUT2D eigenvalue weighted by molar-refractivity contribution is 6.07. The molecule has 0 aromatic heterocycles. The summed E-state index contributed by atoms with van der Waals surface area (Å²) in [4.78, 5) is 40.3. The van der Waals surface area contributed by atoms with E-state index < -0.39 is 11.6 Å². The third-order valence-electron chi connectivity index (χ3n) is 8.97. The number of carbonyl (C=O) groups is 3. The van der Waals surface area contributed by atoms with Crippen LogP contribution in [-0.4, -0.2) is 41.4 Å². The van der Waals surface area contributed by atoms with Crippen LogP contribution in [0.15, 0.2) is 24.3 Å². The van der Waals surface area contributed by atoms with Gasteiger partial charge in [-0.3, -0.25) is 14.9 Å². The van der Waals surface area contributed by atoms with Crippen LogP contribution in [0, 0.1) is 24.2 Å². The molecule has 4 amide bonds. The Morgan fingerprint density at radius 1 is 1.06 bits per heavy atom. The summed E-state index contributed by atoms with van der Waals surface area (Å²) in [6.45, 7) is 3.11. The van der Waals surface area contributed by atoms with Crippen LogP contribution < -0.4 is 10.6 Å². The van der Waals surface area contributed by atoms with Gasteiger partial charge in [-0.1, -0.05) is 29.8 Å². The molecule has 1 aromatic rings. The fourth-order valence-corrected chi connectivity index (χ4v) is 8.14. The van der Waals surface area contributed by atoms with E-state index >= 15 is 0 Å². The number of benzene rings is 1. The Morgan fingerprint density at radius 2 is 1.77 bits per heavy atom. The molecule has 4 aliphatic carbocycles. The lowest BCUT2D eigenvalue weighted by Gasteiger charge is -2.62. The highest BCUT2D eigenvalue weighted by atomic mass is 16.2. The molecule has 3 atom stereocenters. The van der Waals surface area contributed by atoms with Crippen molar-refractivity contribution in [3.63, 3.8) is 0 Å². The number of amides is 4. The lowest BCUT2D eigenvalue weighted by atomic mass is 9.42. The van der Waals surface area contributed by atoms with E-state index in [0.717, 1.165) is 25.7 Å². The zero-order valence-corrected chi connectivity index (χ0v) is 18.2. The van der Waals surface area contributed by atoms with Gasteiger partial charge in [-0.05, 0) is 81.1 Å². The molecular formula is C25H31N3O3. The number of aryl methyl sites for hydroxylation is 1. The summed E-state index contributed by atoms with van der Waals surface area (Å²) in [7, 11) is 0. The van der Waals surface area contributed by atoms with Crippen LogP contribution in [0.2, 0.25) is 0 Å². The Bertz CT molecular complexity index is 957. The summed E-state index contributed by atoms with van der Waals surface area (Å²) >= 11 is 0. The van der Waals surface area contributed by atoms with E-state index in [9.17, 15) is 14.4 Å². The highest BCUT2D eigenvalue weighted by Gasteiger charge is 2.62. The van der Waals surface area contributed by atoms with Crippen LogP contribution in [0.1, 0.15) is 62.5 Å². The van der Waals surface area contributed by atoms with Crippen LogP contribution in [-0.2, 0) is 15.0 Å². The molecule has 6 fully saturated rings. The topological polar surface area (TPSA) is 78.5 Å². The number of piperidine rings is 1. The van der Waals surface area contributed by atoms with E-state index in [1.54, 1.807) is 0 Å². The summed E-state index contributed by atoms with van der Waals surface area (Å²) in [6, 6.07) is 8.55. The minimum absolute atomic E-state index is 0.111. The Hall–Kier alpha value is -2.37. The second-order valence-corrected chi connectivity index (χ2v) is 11.2. The smallest absolute Gasteiger partial charge is 0.322 e. The standard InChI is InChI=1S/C25H31N3O3/c1-16-3-5-19(6-4-16)23-10-17-9-18(11-23)13-24(12-17,14-23)21(30)28-8-2-7-25(15-28)20(29)26-22(31)27-25/h3-6,17-18H,2,7-15H2,1H3,(H2,26,27,29,31). The lowest BCUT2D eigenvalue weighted by molar-refractivity contribution is -0.163. The van der Waals surface area contributed by atoms with Gasteiger partial charge in [-0.25, -0.2) is 4.79 Å². The molecule has 3 unspecified atom stereocenters. The largest absolute Gasteiger partial charge is 0.339 e. The van der Waals surface area contributed by atoms with Crippen molar-refractivity contribution in [3.8, 4) is 0 Å². The van der Waals surface area contributed by atoms with Crippen LogP contribution in [0.5, 0.6) is 0 Å². The minimum atomic E-state index is -0.943. The number of carbonyl (C=O) groups excluding carboxylic acids is 3. The summed E-state index contributed by atoms with van der Waals surface area (Å²) in [5.74, 6) is 1.17. The first kappa shape index (κ1) is 19.3. The number of nitrogens with one attached hydrogen (secondary N) is 2. The fourth-order valence-electron chi connectivity index (χ4n) is 8.14. The van der Waals surface area contributed by atoms with E-state index in [1.165, 1.54) is 30.4 Å². The van der Waals surface area contributed by atoms with E-state index in [0.29, 0.717) is 31.3 Å².